The number of hydrogen-bond acceptors (Lipinski definition) is 7. The van der Waals surface area contributed by atoms with Gasteiger partial charge in [0.1, 0.15) is 11.4 Å². The Labute approximate surface area is 204 Å². The third kappa shape index (κ3) is 4.97. The maximum atomic E-state index is 13.1. The fourth-order valence-corrected chi connectivity index (χ4v) is 5.55. The normalized spacial score (nSPS) is 16.0. The Balaban J connectivity index is 1.50. The Hall–Kier alpha value is -3.53. The molecule has 4 aromatic rings. The van der Waals surface area contributed by atoms with Crippen LogP contribution in [0.5, 0.6) is 5.75 Å². The first-order valence-corrected chi connectivity index (χ1v) is 12.9. The van der Waals surface area contributed by atoms with E-state index in [2.05, 4.69) is 20.2 Å². The van der Waals surface area contributed by atoms with Crippen LogP contribution in [0.25, 0.3) is 22.0 Å². The van der Waals surface area contributed by atoms with Crippen LogP contribution in [-0.4, -0.2) is 43.0 Å². The Kier molecular flexibility index (Phi) is 6.38. The van der Waals surface area contributed by atoms with Gasteiger partial charge in [0, 0.05) is 35.2 Å². The van der Waals surface area contributed by atoms with Crippen molar-refractivity contribution in [1.82, 2.24) is 14.9 Å². The van der Waals surface area contributed by atoms with Gasteiger partial charge in [0.05, 0.1) is 11.0 Å². The largest absolute Gasteiger partial charge is 0.508 e. The monoisotopic (exact) mass is 490 g/mol. The molecule has 2 heterocycles. The van der Waals surface area contributed by atoms with Crippen molar-refractivity contribution in [3.8, 4) is 17.0 Å². The highest BCUT2D eigenvalue weighted by Gasteiger charge is 2.23. The zero-order valence-corrected chi connectivity index (χ0v) is 20.0. The van der Waals surface area contributed by atoms with Gasteiger partial charge in [-0.05, 0) is 55.7 Å². The molecule has 0 bridgehead atoms. The number of benzene rings is 3. The van der Waals surface area contributed by atoms with Gasteiger partial charge in [-0.2, -0.15) is 0 Å². The van der Waals surface area contributed by atoms with E-state index in [1.54, 1.807) is 43.3 Å². The number of rotatable bonds is 7. The highest BCUT2D eigenvalue weighted by Crippen LogP contribution is 2.33. The third-order valence-corrected chi connectivity index (χ3v) is 7.66. The summed E-state index contributed by atoms with van der Waals surface area (Å²) in [5, 5.41) is 23.3. The molecule has 9 heteroatoms. The maximum Gasteiger partial charge on any atom is 0.240 e. The fraction of sp³-hybridized carbons (Fsp3) is 0.231. The third-order valence-electron chi connectivity index (χ3n) is 6.09. The molecule has 5 rings (SSSR count). The topological polar surface area (TPSA) is 113 Å². The van der Waals surface area contributed by atoms with Crippen LogP contribution in [0.1, 0.15) is 18.4 Å². The molecule has 35 heavy (non-hydrogen) atoms. The van der Waals surface area contributed by atoms with Crippen LogP contribution in [0, 0.1) is 6.92 Å². The fourth-order valence-electron chi connectivity index (χ4n) is 4.21. The lowest BCUT2D eigenvalue weighted by atomic mass is 10.0. The zero-order valence-electron chi connectivity index (χ0n) is 19.2. The van der Waals surface area contributed by atoms with Crippen molar-refractivity contribution in [3.05, 3.63) is 72.3 Å². The summed E-state index contributed by atoms with van der Waals surface area (Å²) in [5.74, 6) is 0.741. The van der Waals surface area contributed by atoms with Gasteiger partial charge in [0.25, 0.3) is 0 Å². The minimum absolute atomic E-state index is 0.0864. The number of nitrogens with zero attached hydrogens (tertiary/aromatic N) is 2. The van der Waals surface area contributed by atoms with E-state index in [-0.39, 0.29) is 23.3 Å². The maximum absolute atomic E-state index is 13.1. The SMILES string of the molecule is Cc1ccc(-c2nnc(Nc3ccc(O)cc3)c3ccccc23)cc1S(=O)(=O)NC[C@H]1CCCO1. The lowest BCUT2D eigenvalue weighted by molar-refractivity contribution is 0.114. The van der Waals surface area contributed by atoms with Crippen LogP contribution in [0.3, 0.4) is 0 Å². The first kappa shape index (κ1) is 23.2. The van der Waals surface area contributed by atoms with Crippen LogP contribution >= 0.6 is 0 Å². The summed E-state index contributed by atoms with van der Waals surface area (Å²) in [7, 11) is -3.73. The number of aromatic hydroxyl groups is 1. The van der Waals surface area contributed by atoms with Crippen molar-refractivity contribution >= 4 is 32.3 Å². The van der Waals surface area contributed by atoms with E-state index in [4.69, 9.17) is 4.74 Å². The van der Waals surface area contributed by atoms with Crippen molar-refractivity contribution in [2.24, 2.45) is 0 Å². The molecule has 3 aromatic carbocycles. The van der Waals surface area contributed by atoms with Crippen molar-refractivity contribution in [1.29, 1.82) is 0 Å². The Morgan fingerprint density at radius 1 is 1.03 bits per heavy atom. The number of fused-ring (bicyclic) bond motifs is 1. The molecule has 0 saturated carbocycles. The lowest BCUT2D eigenvalue weighted by Gasteiger charge is -2.15. The molecule has 3 N–H and O–H groups in total. The quantitative estimate of drug-likeness (QED) is 0.327. The average molecular weight is 491 g/mol. The first-order valence-electron chi connectivity index (χ1n) is 11.4. The Bertz CT molecular complexity index is 1470. The summed E-state index contributed by atoms with van der Waals surface area (Å²) in [6.45, 7) is 2.70. The number of hydrogen-bond donors (Lipinski definition) is 3. The molecule has 1 aliphatic rings. The number of ether oxygens (including phenoxy) is 1. The van der Waals surface area contributed by atoms with Crippen molar-refractivity contribution < 1.29 is 18.3 Å². The smallest absolute Gasteiger partial charge is 0.240 e. The molecular formula is C26H26N4O4S. The summed E-state index contributed by atoms with van der Waals surface area (Å²) >= 11 is 0. The van der Waals surface area contributed by atoms with Crippen LogP contribution in [0.15, 0.2) is 71.6 Å². The molecule has 180 valence electrons. The summed E-state index contributed by atoms with van der Waals surface area (Å²) in [6, 6.07) is 19.7. The number of nitrogens with one attached hydrogen (secondary N) is 2. The van der Waals surface area contributed by atoms with Gasteiger partial charge < -0.3 is 15.2 Å². The van der Waals surface area contributed by atoms with E-state index in [0.29, 0.717) is 29.2 Å². The number of anilines is 2. The Morgan fingerprint density at radius 2 is 1.80 bits per heavy atom. The summed E-state index contributed by atoms with van der Waals surface area (Å²) < 4.78 is 34.5. The van der Waals surface area contributed by atoms with Crippen LogP contribution < -0.4 is 10.0 Å². The molecular weight excluding hydrogens is 464 g/mol. The van der Waals surface area contributed by atoms with E-state index < -0.39 is 10.0 Å². The van der Waals surface area contributed by atoms with Crippen LogP contribution in [-0.2, 0) is 14.8 Å². The van der Waals surface area contributed by atoms with Gasteiger partial charge in [0.2, 0.25) is 10.0 Å². The zero-order chi connectivity index (χ0) is 24.4. The lowest BCUT2D eigenvalue weighted by Crippen LogP contribution is -2.32. The molecule has 0 amide bonds. The molecule has 8 nitrogen and oxygen atoms in total. The number of phenolic OH excluding ortho intramolecular Hbond substituents is 1. The Morgan fingerprint density at radius 3 is 2.54 bits per heavy atom. The highest BCUT2D eigenvalue weighted by atomic mass is 32.2. The molecule has 0 unspecified atom stereocenters. The second-order valence-corrected chi connectivity index (χ2v) is 10.3. The van der Waals surface area contributed by atoms with Crippen molar-refractivity contribution in [2.45, 2.75) is 30.8 Å². The van der Waals surface area contributed by atoms with Gasteiger partial charge in [0.15, 0.2) is 5.82 Å². The van der Waals surface area contributed by atoms with Crippen molar-refractivity contribution in [3.63, 3.8) is 0 Å². The average Bonchev–Trinajstić information content (AvgIpc) is 3.39. The summed E-state index contributed by atoms with van der Waals surface area (Å²) in [6.07, 6.45) is 1.72. The summed E-state index contributed by atoms with van der Waals surface area (Å²) in [4.78, 5) is 0.213. The van der Waals surface area contributed by atoms with Gasteiger partial charge in [-0.15, -0.1) is 10.2 Å². The van der Waals surface area contributed by atoms with Gasteiger partial charge in [-0.25, -0.2) is 13.1 Å². The molecule has 0 aliphatic carbocycles. The minimum Gasteiger partial charge on any atom is -0.508 e. The number of phenols is 1. The molecule has 1 fully saturated rings. The van der Waals surface area contributed by atoms with Gasteiger partial charge in [-0.1, -0.05) is 36.4 Å². The number of sulfonamides is 1. The van der Waals surface area contributed by atoms with Crippen molar-refractivity contribution in [2.75, 3.05) is 18.5 Å². The van der Waals surface area contributed by atoms with E-state index in [1.807, 2.05) is 30.3 Å². The van der Waals surface area contributed by atoms with E-state index in [1.165, 1.54) is 0 Å². The first-order chi connectivity index (χ1) is 16.9. The standard InChI is InChI=1S/C26H26N4O4S/c1-17-8-9-18(15-24(17)35(32,33)27-16-21-5-4-14-34-21)25-22-6-2-3-7-23(22)26(30-29-25)28-19-10-12-20(31)13-11-19/h2-3,6-13,15,21,27,31H,4-5,14,16H2,1H3,(H,28,30)/t21-/m1/s1. The van der Waals surface area contributed by atoms with Crippen LogP contribution in [0.2, 0.25) is 0 Å². The second kappa shape index (κ2) is 9.61. The highest BCUT2D eigenvalue weighted by molar-refractivity contribution is 7.89. The minimum atomic E-state index is -3.73. The number of aromatic nitrogens is 2. The summed E-state index contributed by atoms with van der Waals surface area (Å²) in [5.41, 5.74) is 2.66. The predicted octanol–water partition coefficient (Wildman–Crippen LogP) is 4.51. The molecule has 0 radical (unpaired) electrons. The van der Waals surface area contributed by atoms with E-state index in [9.17, 15) is 13.5 Å². The van der Waals surface area contributed by atoms with E-state index >= 15 is 0 Å². The second-order valence-electron chi connectivity index (χ2n) is 8.58. The molecule has 0 spiro atoms. The van der Waals surface area contributed by atoms with Crippen LogP contribution in [0.4, 0.5) is 11.5 Å². The number of aryl methyl sites for hydroxylation is 1. The molecule has 1 aromatic heterocycles. The molecule has 1 atom stereocenters. The van der Waals surface area contributed by atoms with Gasteiger partial charge >= 0.3 is 0 Å². The predicted molar refractivity (Wildman–Crippen MR) is 135 cm³/mol. The molecule has 1 saturated heterocycles. The van der Waals surface area contributed by atoms with E-state index in [0.717, 1.165) is 29.3 Å². The van der Waals surface area contributed by atoms with Gasteiger partial charge in [-0.3, -0.25) is 0 Å². The molecule has 1 aliphatic heterocycles.